The Balaban J connectivity index is 2.58. The molecule has 0 aliphatic heterocycles. The summed E-state index contributed by atoms with van der Waals surface area (Å²) in [6.45, 7) is 1.75. The number of hydrogen-bond acceptors (Lipinski definition) is 2. The van der Waals surface area contributed by atoms with Gasteiger partial charge in [0, 0.05) is 0 Å². The van der Waals surface area contributed by atoms with Gasteiger partial charge in [0.2, 0.25) is 0 Å². The molecule has 0 heterocycles. The molecule has 0 spiro atoms. The van der Waals surface area contributed by atoms with Crippen LogP contribution in [0, 0.1) is 0 Å². The second-order valence-corrected chi connectivity index (χ2v) is 3.13. The lowest BCUT2D eigenvalue weighted by Crippen LogP contribution is -2.28. The predicted octanol–water partition coefficient (Wildman–Crippen LogP) is 1.40. The average Bonchev–Trinajstić information content (AvgIpc) is 2.05. The molecule has 0 saturated heterocycles. The normalized spacial score (nSPS) is 20.7. The van der Waals surface area contributed by atoms with E-state index in [1.54, 1.807) is 6.92 Å². The van der Waals surface area contributed by atoms with Gasteiger partial charge in [0.15, 0.2) is 5.78 Å². The fourth-order valence-electron chi connectivity index (χ4n) is 1.35. The van der Waals surface area contributed by atoms with Crippen molar-refractivity contribution < 1.29 is 4.79 Å². The van der Waals surface area contributed by atoms with Crippen LogP contribution in [0.1, 0.15) is 32.6 Å². The van der Waals surface area contributed by atoms with Gasteiger partial charge in [-0.05, 0) is 38.2 Å². The Morgan fingerprint density at radius 1 is 1.64 bits per heavy atom. The van der Waals surface area contributed by atoms with Crippen LogP contribution >= 0.6 is 0 Å². The first-order valence-corrected chi connectivity index (χ1v) is 4.20. The lowest BCUT2D eigenvalue weighted by molar-refractivity contribution is -0.116. The first kappa shape index (κ1) is 8.47. The zero-order valence-electron chi connectivity index (χ0n) is 6.97. The molecule has 0 fully saturated rings. The van der Waals surface area contributed by atoms with E-state index in [1.807, 2.05) is 6.08 Å². The van der Waals surface area contributed by atoms with E-state index in [-0.39, 0.29) is 11.8 Å². The maximum absolute atomic E-state index is 11.3. The van der Waals surface area contributed by atoms with Gasteiger partial charge in [-0.3, -0.25) is 4.79 Å². The summed E-state index contributed by atoms with van der Waals surface area (Å²) in [7, 11) is 0. The highest BCUT2D eigenvalue weighted by Crippen LogP contribution is 2.18. The zero-order valence-corrected chi connectivity index (χ0v) is 6.97. The number of Topliss-reactive ketones (excluding diaryl/α,β-unsaturated/α-hetero) is 1. The molecule has 11 heavy (non-hydrogen) atoms. The molecule has 1 rings (SSSR count). The van der Waals surface area contributed by atoms with Gasteiger partial charge in [0.05, 0.1) is 6.04 Å². The number of ketones is 1. The number of allylic oxidation sites excluding steroid dienone is 1. The summed E-state index contributed by atoms with van der Waals surface area (Å²) in [5, 5.41) is 0. The minimum atomic E-state index is -0.320. The maximum atomic E-state index is 11.3. The van der Waals surface area contributed by atoms with Gasteiger partial charge in [-0.25, -0.2) is 0 Å². The van der Waals surface area contributed by atoms with Gasteiger partial charge < -0.3 is 5.73 Å². The molecule has 2 heteroatoms. The summed E-state index contributed by atoms with van der Waals surface area (Å²) in [6, 6.07) is -0.320. The first-order chi connectivity index (χ1) is 5.22. The van der Waals surface area contributed by atoms with E-state index in [0.29, 0.717) is 0 Å². The Hall–Kier alpha value is -0.630. The van der Waals surface area contributed by atoms with Gasteiger partial charge in [0.1, 0.15) is 0 Å². The third-order valence-electron chi connectivity index (χ3n) is 2.02. The number of rotatable bonds is 2. The minimum absolute atomic E-state index is 0.129. The molecule has 0 aromatic carbocycles. The molecule has 62 valence electrons. The highest BCUT2D eigenvalue weighted by Gasteiger charge is 2.14. The maximum Gasteiger partial charge on any atom is 0.174 e. The molecule has 0 amide bonds. The van der Waals surface area contributed by atoms with Crippen molar-refractivity contribution in [3.05, 3.63) is 11.6 Å². The van der Waals surface area contributed by atoms with Crippen molar-refractivity contribution in [3.8, 4) is 0 Å². The van der Waals surface area contributed by atoms with Crippen LogP contribution in [0.4, 0.5) is 0 Å². The lowest BCUT2D eigenvalue weighted by atomic mass is 9.94. The van der Waals surface area contributed by atoms with E-state index in [1.165, 1.54) is 6.42 Å². The Kier molecular flexibility index (Phi) is 2.83. The van der Waals surface area contributed by atoms with E-state index in [0.717, 1.165) is 24.8 Å². The Labute approximate surface area is 67.5 Å². The summed E-state index contributed by atoms with van der Waals surface area (Å²) in [4.78, 5) is 11.3. The SMILES string of the molecule is CC(N)C(=O)C1=CCCCC1. The summed E-state index contributed by atoms with van der Waals surface area (Å²) in [6.07, 6.45) is 6.38. The number of hydrogen-bond donors (Lipinski definition) is 1. The second kappa shape index (κ2) is 3.67. The van der Waals surface area contributed by atoms with Crippen LogP contribution in [0.5, 0.6) is 0 Å². The smallest absolute Gasteiger partial charge is 0.174 e. The molecule has 2 nitrogen and oxygen atoms in total. The van der Waals surface area contributed by atoms with Gasteiger partial charge in [0.25, 0.3) is 0 Å². The Morgan fingerprint density at radius 3 is 2.82 bits per heavy atom. The van der Waals surface area contributed by atoms with Crippen LogP contribution in [0.2, 0.25) is 0 Å². The largest absolute Gasteiger partial charge is 0.321 e. The fraction of sp³-hybridized carbons (Fsp3) is 0.667. The molecule has 2 N–H and O–H groups in total. The third-order valence-corrected chi connectivity index (χ3v) is 2.02. The van der Waals surface area contributed by atoms with Crippen molar-refractivity contribution in [1.29, 1.82) is 0 Å². The highest BCUT2D eigenvalue weighted by molar-refractivity contribution is 5.99. The molecule has 1 aliphatic rings. The van der Waals surface area contributed by atoms with Crippen molar-refractivity contribution in [2.45, 2.75) is 38.6 Å². The lowest BCUT2D eigenvalue weighted by Gasteiger charge is -2.12. The van der Waals surface area contributed by atoms with Crippen LogP contribution in [0.15, 0.2) is 11.6 Å². The second-order valence-electron chi connectivity index (χ2n) is 3.13. The molecular formula is C9H15NO. The Morgan fingerprint density at radius 2 is 2.36 bits per heavy atom. The van der Waals surface area contributed by atoms with Gasteiger partial charge in [-0.2, -0.15) is 0 Å². The van der Waals surface area contributed by atoms with Gasteiger partial charge in [-0.1, -0.05) is 6.08 Å². The summed E-state index contributed by atoms with van der Waals surface area (Å²) >= 11 is 0. The molecule has 0 aromatic rings. The number of carbonyl (C=O) groups is 1. The van der Waals surface area contributed by atoms with Crippen LogP contribution in [0.3, 0.4) is 0 Å². The van der Waals surface area contributed by atoms with Gasteiger partial charge in [-0.15, -0.1) is 0 Å². The molecule has 0 aromatic heterocycles. The fourth-order valence-corrected chi connectivity index (χ4v) is 1.35. The number of carbonyl (C=O) groups excluding carboxylic acids is 1. The summed E-state index contributed by atoms with van der Waals surface area (Å²) in [5.74, 6) is 0.129. The minimum Gasteiger partial charge on any atom is -0.321 e. The number of nitrogens with two attached hydrogens (primary N) is 1. The monoisotopic (exact) mass is 153 g/mol. The summed E-state index contributed by atoms with van der Waals surface area (Å²) < 4.78 is 0. The molecule has 1 aliphatic carbocycles. The van der Waals surface area contributed by atoms with E-state index in [4.69, 9.17) is 5.73 Å². The first-order valence-electron chi connectivity index (χ1n) is 4.20. The molecule has 0 saturated carbocycles. The zero-order chi connectivity index (χ0) is 8.27. The van der Waals surface area contributed by atoms with Crippen LogP contribution in [-0.2, 0) is 4.79 Å². The molecule has 1 atom stereocenters. The third kappa shape index (κ3) is 2.15. The summed E-state index contributed by atoms with van der Waals surface area (Å²) in [5.41, 5.74) is 6.43. The van der Waals surface area contributed by atoms with Crippen molar-refractivity contribution in [2.75, 3.05) is 0 Å². The van der Waals surface area contributed by atoms with Crippen LogP contribution in [0.25, 0.3) is 0 Å². The van der Waals surface area contributed by atoms with E-state index in [9.17, 15) is 4.79 Å². The molecule has 0 bridgehead atoms. The molecule has 1 unspecified atom stereocenters. The topological polar surface area (TPSA) is 43.1 Å². The van der Waals surface area contributed by atoms with Gasteiger partial charge >= 0.3 is 0 Å². The quantitative estimate of drug-likeness (QED) is 0.651. The van der Waals surface area contributed by atoms with Crippen molar-refractivity contribution in [2.24, 2.45) is 5.73 Å². The van der Waals surface area contributed by atoms with Crippen molar-refractivity contribution >= 4 is 5.78 Å². The van der Waals surface area contributed by atoms with E-state index in [2.05, 4.69) is 0 Å². The predicted molar refractivity (Wildman–Crippen MR) is 45.2 cm³/mol. The van der Waals surface area contributed by atoms with Crippen molar-refractivity contribution in [3.63, 3.8) is 0 Å². The highest BCUT2D eigenvalue weighted by atomic mass is 16.1. The molecule has 0 radical (unpaired) electrons. The standard InChI is InChI=1S/C9H15NO/c1-7(10)9(11)8-5-3-2-4-6-8/h5,7H,2-4,6,10H2,1H3. The molecular weight excluding hydrogens is 138 g/mol. The van der Waals surface area contributed by atoms with Crippen LogP contribution in [-0.4, -0.2) is 11.8 Å². The van der Waals surface area contributed by atoms with Crippen LogP contribution < -0.4 is 5.73 Å². The van der Waals surface area contributed by atoms with Crippen molar-refractivity contribution in [1.82, 2.24) is 0 Å². The van der Waals surface area contributed by atoms with E-state index < -0.39 is 0 Å². The van der Waals surface area contributed by atoms with E-state index >= 15 is 0 Å². The average molecular weight is 153 g/mol. The Bertz CT molecular complexity index is 182.